The molecular formula is C18H19NO. The molecule has 0 radical (unpaired) electrons. The number of benzene rings is 2. The molecule has 0 saturated heterocycles. The lowest BCUT2D eigenvalue weighted by Crippen LogP contribution is -2.20. The summed E-state index contributed by atoms with van der Waals surface area (Å²) in [5.74, 6) is 0.106. The van der Waals surface area contributed by atoms with Crippen LogP contribution in [0.4, 0.5) is 0 Å². The van der Waals surface area contributed by atoms with Crippen molar-refractivity contribution < 1.29 is 4.79 Å². The Labute approximate surface area is 120 Å². The molecule has 0 aliphatic carbocycles. The molecule has 1 amide bonds. The molecule has 2 nitrogen and oxygen atoms in total. The van der Waals surface area contributed by atoms with Crippen molar-refractivity contribution in [1.82, 2.24) is 4.90 Å². The number of carbonyl (C=O) groups is 1. The largest absolute Gasteiger partial charge is 0.349 e. The molecule has 0 saturated carbocycles. The van der Waals surface area contributed by atoms with Gasteiger partial charge in [-0.2, -0.15) is 0 Å². The Kier molecular flexibility index (Phi) is 4.72. The molecule has 0 N–H and O–H groups in total. The summed E-state index contributed by atoms with van der Waals surface area (Å²) in [4.78, 5) is 13.4. The van der Waals surface area contributed by atoms with Gasteiger partial charge in [0.25, 0.3) is 0 Å². The van der Waals surface area contributed by atoms with E-state index in [0.29, 0.717) is 6.42 Å². The van der Waals surface area contributed by atoms with Gasteiger partial charge in [-0.3, -0.25) is 4.79 Å². The van der Waals surface area contributed by atoms with Crippen LogP contribution in [0, 0.1) is 0 Å². The first kappa shape index (κ1) is 14.1. The molecule has 0 aliphatic heterocycles. The van der Waals surface area contributed by atoms with Crippen LogP contribution in [0.25, 0.3) is 5.57 Å². The Balaban J connectivity index is 2.35. The van der Waals surface area contributed by atoms with E-state index < -0.39 is 0 Å². The minimum Gasteiger partial charge on any atom is -0.349 e. The van der Waals surface area contributed by atoms with Crippen molar-refractivity contribution in [3.8, 4) is 0 Å². The quantitative estimate of drug-likeness (QED) is 0.827. The normalized spacial score (nSPS) is 9.90. The van der Waals surface area contributed by atoms with E-state index in [1.165, 1.54) is 0 Å². The highest BCUT2D eigenvalue weighted by atomic mass is 16.2. The summed E-state index contributed by atoms with van der Waals surface area (Å²) in [5, 5.41) is 0. The summed E-state index contributed by atoms with van der Waals surface area (Å²) in [6.45, 7) is 0. The first-order valence-corrected chi connectivity index (χ1v) is 6.69. The fraction of sp³-hybridized carbons (Fsp3) is 0.167. The summed E-state index contributed by atoms with van der Waals surface area (Å²) >= 11 is 0. The van der Waals surface area contributed by atoms with E-state index in [1.807, 2.05) is 42.5 Å². The van der Waals surface area contributed by atoms with Crippen LogP contribution < -0.4 is 0 Å². The SMILES string of the molecule is CN(C)C(=O)CC=C(c1ccccc1)c1ccccc1. The van der Waals surface area contributed by atoms with Crippen molar-refractivity contribution in [2.45, 2.75) is 6.42 Å². The Hall–Kier alpha value is -2.35. The Morgan fingerprint density at radius 3 is 1.75 bits per heavy atom. The average Bonchev–Trinajstić information content (AvgIpc) is 2.49. The molecule has 102 valence electrons. The highest BCUT2D eigenvalue weighted by molar-refractivity contribution is 5.84. The van der Waals surface area contributed by atoms with Crippen LogP contribution in [0.5, 0.6) is 0 Å². The number of hydrogen-bond acceptors (Lipinski definition) is 1. The van der Waals surface area contributed by atoms with Crippen molar-refractivity contribution in [2.24, 2.45) is 0 Å². The van der Waals surface area contributed by atoms with Crippen LogP contribution in [-0.4, -0.2) is 24.9 Å². The maximum atomic E-state index is 11.8. The highest BCUT2D eigenvalue weighted by Gasteiger charge is 2.07. The van der Waals surface area contributed by atoms with Gasteiger partial charge in [0.1, 0.15) is 0 Å². The second-order valence-electron chi connectivity index (χ2n) is 4.84. The fourth-order valence-corrected chi connectivity index (χ4v) is 2.01. The molecule has 0 bridgehead atoms. The topological polar surface area (TPSA) is 20.3 Å². The van der Waals surface area contributed by atoms with Gasteiger partial charge < -0.3 is 4.90 Å². The summed E-state index contributed by atoms with van der Waals surface area (Å²) in [6, 6.07) is 20.3. The van der Waals surface area contributed by atoms with Gasteiger partial charge in [0.2, 0.25) is 5.91 Å². The first-order valence-electron chi connectivity index (χ1n) is 6.69. The van der Waals surface area contributed by atoms with Crippen LogP contribution in [0.2, 0.25) is 0 Å². The molecule has 0 spiro atoms. The molecule has 2 aromatic carbocycles. The standard InChI is InChI=1S/C18H19NO/c1-19(2)18(20)14-13-17(15-9-5-3-6-10-15)16-11-7-4-8-12-16/h3-13H,14H2,1-2H3. The van der Waals surface area contributed by atoms with E-state index in [4.69, 9.17) is 0 Å². The Morgan fingerprint density at radius 2 is 1.35 bits per heavy atom. The molecule has 0 unspecified atom stereocenters. The van der Waals surface area contributed by atoms with Crippen LogP contribution in [0.15, 0.2) is 66.7 Å². The number of nitrogens with zero attached hydrogens (tertiary/aromatic N) is 1. The third kappa shape index (κ3) is 3.58. The first-order chi connectivity index (χ1) is 9.68. The Bertz CT molecular complexity index is 544. The molecule has 0 fully saturated rings. The van der Waals surface area contributed by atoms with E-state index in [9.17, 15) is 4.79 Å². The number of hydrogen-bond donors (Lipinski definition) is 0. The average molecular weight is 265 g/mol. The van der Waals surface area contributed by atoms with E-state index in [0.717, 1.165) is 16.7 Å². The van der Waals surface area contributed by atoms with Gasteiger partial charge in [-0.15, -0.1) is 0 Å². The summed E-state index contributed by atoms with van der Waals surface area (Å²) in [5.41, 5.74) is 3.36. The predicted molar refractivity (Wildman–Crippen MR) is 83.3 cm³/mol. The van der Waals surface area contributed by atoms with Gasteiger partial charge in [0, 0.05) is 20.5 Å². The number of carbonyl (C=O) groups excluding carboxylic acids is 1. The van der Waals surface area contributed by atoms with Crippen molar-refractivity contribution in [3.05, 3.63) is 77.9 Å². The highest BCUT2D eigenvalue weighted by Crippen LogP contribution is 2.23. The molecule has 0 aliphatic rings. The Morgan fingerprint density at radius 1 is 0.900 bits per heavy atom. The van der Waals surface area contributed by atoms with E-state index in [1.54, 1.807) is 19.0 Å². The maximum absolute atomic E-state index is 11.8. The minimum atomic E-state index is 0.106. The van der Waals surface area contributed by atoms with Crippen LogP contribution in [0.1, 0.15) is 17.5 Å². The van der Waals surface area contributed by atoms with Crippen molar-refractivity contribution in [1.29, 1.82) is 0 Å². The number of rotatable bonds is 4. The summed E-state index contributed by atoms with van der Waals surface area (Å²) < 4.78 is 0. The van der Waals surface area contributed by atoms with Gasteiger partial charge >= 0.3 is 0 Å². The molecule has 0 atom stereocenters. The van der Waals surface area contributed by atoms with Crippen molar-refractivity contribution in [3.63, 3.8) is 0 Å². The third-order valence-corrected chi connectivity index (χ3v) is 3.15. The van der Waals surface area contributed by atoms with Gasteiger partial charge in [-0.25, -0.2) is 0 Å². The summed E-state index contributed by atoms with van der Waals surface area (Å²) in [7, 11) is 3.56. The summed E-state index contributed by atoms with van der Waals surface area (Å²) in [6.07, 6.45) is 2.42. The molecule has 0 aromatic heterocycles. The van der Waals surface area contributed by atoms with E-state index >= 15 is 0 Å². The molecular weight excluding hydrogens is 246 g/mol. The van der Waals surface area contributed by atoms with Crippen molar-refractivity contribution in [2.75, 3.05) is 14.1 Å². The third-order valence-electron chi connectivity index (χ3n) is 3.15. The lowest BCUT2D eigenvalue weighted by atomic mass is 9.97. The molecule has 0 heterocycles. The van der Waals surface area contributed by atoms with Gasteiger partial charge in [0.05, 0.1) is 0 Å². The smallest absolute Gasteiger partial charge is 0.225 e. The zero-order valence-corrected chi connectivity index (χ0v) is 11.9. The van der Waals surface area contributed by atoms with Crippen LogP contribution >= 0.6 is 0 Å². The zero-order valence-electron chi connectivity index (χ0n) is 11.9. The number of amides is 1. The lowest BCUT2D eigenvalue weighted by molar-refractivity contribution is -0.127. The van der Waals surface area contributed by atoms with Gasteiger partial charge in [-0.1, -0.05) is 66.7 Å². The zero-order chi connectivity index (χ0) is 14.4. The minimum absolute atomic E-state index is 0.106. The van der Waals surface area contributed by atoms with Crippen LogP contribution in [-0.2, 0) is 4.79 Å². The second kappa shape index (κ2) is 6.71. The maximum Gasteiger partial charge on any atom is 0.225 e. The molecule has 2 rings (SSSR count). The van der Waals surface area contributed by atoms with Gasteiger partial charge in [-0.05, 0) is 16.7 Å². The predicted octanol–water partition coefficient (Wildman–Crippen LogP) is 3.60. The molecule has 2 aromatic rings. The van der Waals surface area contributed by atoms with Crippen molar-refractivity contribution >= 4 is 11.5 Å². The second-order valence-corrected chi connectivity index (χ2v) is 4.84. The van der Waals surface area contributed by atoms with Crippen LogP contribution in [0.3, 0.4) is 0 Å². The van der Waals surface area contributed by atoms with Gasteiger partial charge in [0.15, 0.2) is 0 Å². The molecule has 2 heteroatoms. The monoisotopic (exact) mass is 265 g/mol. The lowest BCUT2D eigenvalue weighted by Gasteiger charge is -2.11. The molecule has 20 heavy (non-hydrogen) atoms. The fourth-order valence-electron chi connectivity index (χ4n) is 2.01. The van der Waals surface area contributed by atoms with E-state index in [2.05, 4.69) is 24.3 Å². The van der Waals surface area contributed by atoms with E-state index in [-0.39, 0.29) is 5.91 Å².